The summed E-state index contributed by atoms with van der Waals surface area (Å²) in [6, 6.07) is 1.88. The molecule has 0 aliphatic heterocycles. The SMILES string of the molecule is CNC(=O)[C@@H](NC(=O)c1c(C)oc(C)c1C)c1ccc(F)c(F)c1. The van der Waals surface area contributed by atoms with Gasteiger partial charge in [0, 0.05) is 12.6 Å². The molecule has 24 heavy (non-hydrogen) atoms. The summed E-state index contributed by atoms with van der Waals surface area (Å²) in [4.78, 5) is 24.6. The van der Waals surface area contributed by atoms with E-state index in [0.29, 0.717) is 22.6 Å². The molecule has 0 aliphatic rings. The summed E-state index contributed by atoms with van der Waals surface area (Å²) < 4.78 is 32.0. The lowest BCUT2D eigenvalue weighted by Crippen LogP contribution is -2.39. The quantitative estimate of drug-likeness (QED) is 0.902. The zero-order valence-corrected chi connectivity index (χ0v) is 13.8. The molecule has 0 saturated heterocycles. The fourth-order valence-corrected chi connectivity index (χ4v) is 2.47. The number of halogens is 2. The van der Waals surface area contributed by atoms with E-state index in [2.05, 4.69) is 10.6 Å². The van der Waals surface area contributed by atoms with Crippen molar-refractivity contribution in [2.45, 2.75) is 26.8 Å². The maximum atomic E-state index is 13.5. The Bertz CT molecular complexity index is 799. The summed E-state index contributed by atoms with van der Waals surface area (Å²) in [7, 11) is 1.39. The van der Waals surface area contributed by atoms with E-state index in [1.807, 2.05) is 0 Å². The summed E-state index contributed by atoms with van der Waals surface area (Å²) >= 11 is 0. The van der Waals surface area contributed by atoms with E-state index in [1.54, 1.807) is 20.8 Å². The monoisotopic (exact) mass is 336 g/mol. The molecular formula is C17H18F2N2O3. The van der Waals surface area contributed by atoms with Crippen LogP contribution in [0.4, 0.5) is 8.78 Å². The number of likely N-dealkylation sites (N-methyl/N-ethyl adjacent to an activating group) is 1. The van der Waals surface area contributed by atoms with Crippen molar-refractivity contribution in [1.29, 1.82) is 0 Å². The molecule has 0 bridgehead atoms. The van der Waals surface area contributed by atoms with Crippen LogP contribution in [0.3, 0.4) is 0 Å². The van der Waals surface area contributed by atoms with Gasteiger partial charge in [0.1, 0.15) is 17.6 Å². The first-order chi connectivity index (χ1) is 11.3. The lowest BCUT2D eigenvalue weighted by molar-refractivity contribution is -0.122. The Kier molecular flexibility index (Phi) is 5.02. The fraction of sp³-hybridized carbons (Fsp3) is 0.294. The second-order valence-electron chi connectivity index (χ2n) is 5.41. The minimum Gasteiger partial charge on any atom is -0.466 e. The summed E-state index contributed by atoms with van der Waals surface area (Å²) in [6.45, 7) is 5.10. The third kappa shape index (κ3) is 3.29. The van der Waals surface area contributed by atoms with E-state index < -0.39 is 29.5 Å². The highest BCUT2D eigenvalue weighted by Crippen LogP contribution is 2.23. The molecule has 0 aliphatic carbocycles. The van der Waals surface area contributed by atoms with Crippen LogP contribution in [0.1, 0.15) is 39.0 Å². The van der Waals surface area contributed by atoms with E-state index in [-0.39, 0.29) is 5.56 Å². The Hall–Kier alpha value is -2.70. The molecule has 2 rings (SSSR count). The third-order valence-electron chi connectivity index (χ3n) is 3.85. The molecule has 2 N–H and O–H groups in total. The van der Waals surface area contributed by atoms with E-state index in [1.165, 1.54) is 13.1 Å². The fourth-order valence-electron chi connectivity index (χ4n) is 2.47. The molecule has 1 atom stereocenters. The topological polar surface area (TPSA) is 71.3 Å². The molecule has 1 aromatic carbocycles. The van der Waals surface area contributed by atoms with Crippen molar-refractivity contribution in [3.05, 3.63) is 58.0 Å². The minimum absolute atomic E-state index is 0.136. The van der Waals surface area contributed by atoms with Crippen LogP contribution in [-0.4, -0.2) is 18.9 Å². The molecule has 0 unspecified atom stereocenters. The van der Waals surface area contributed by atoms with Crippen LogP contribution in [0, 0.1) is 32.4 Å². The molecule has 0 fully saturated rings. The van der Waals surface area contributed by atoms with Gasteiger partial charge in [-0.05, 0) is 38.5 Å². The predicted octanol–water partition coefficient (Wildman–Crippen LogP) is 2.70. The molecule has 1 aromatic heterocycles. The van der Waals surface area contributed by atoms with Gasteiger partial charge in [0.25, 0.3) is 5.91 Å². The molecule has 2 aromatic rings. The summed E-state index contributed by atoms with van der Waals surface area (Å²) in [6.07, 6.45) is 0. The van der Waals surface area contributed by atoms with E-state index in [0.717, 1.165) is 12.1 Å². The van der Waals surface area contributed by atoms with Crippen LogP contribution in [0.2, 0.25) is 0 Å². The number of carbonyl (C=O) groups is 2. The first-order valence-corrected chi connectivity index (χ1v) is 7.30. The van der Waals surface area contributed by atoms with Gasteiger partial charge in [-0.1, -0.05) is 6.07 Å². The van der Waals surface area contributed by atoms with Crippen molar-refractivity contribution in [1.82, 2.24) is 10.6 Å². The number of hydrogen-bond donors (Lipinski definition) is 2. The average molecular weight is 336 g/mol. The number of nitrogens with one attached hydrogen (secondary N) is 2. The molecule has 7 heteroatoms. The zero-order valence-electron chi connectivity index (χ0n) is 13.8. The Morgan fingerprint density at radius 2 is 1.75 bits per heavy atom. The van der Waals surface area contributed by atoms with Crippen molar-refractivity contribution in [2.75, 3.05) is 7.05 Å². The standard InChI is InChI=1S/C17H18F2N2O3/c1-8-9(2)24-10(3)14(8)16(22)21-15(17(23)20-4)11-5-6-12(18)13(19)7-11/h5-7,15H,1-4H3,(H,20,23)(H,21,22)/t15-/m0/s1. The van der Waals surface area contributed by atoms with Crippen LogP contribution >= 0.6 is 0 Å². The van der Waals surface area contributed by atoms with Gasteiger partial charge in [-0.15, -0.1) is 0 Å². The Morgan fingerprint density at radius 3 is 2.25 bits per heavy atom. The zero-order chi connectivity index (χ0) is 18.0. The minimum atomic E-state index is -1.16. The second kappa shape index (κ2) is 6.82. The van der Waals surface area contributed by atoms with Gasteiger partial charge in [-0.25, -0.2) is 8.78 Å². The summed E-state index contributed by atoms with van der Waals surface area (Å²) in [5.41, 5.74) is 1.12. The number of amides is 2. The normalized spacial score (nSPS) is 11.9. The first kappa shape index (κ1) is 17.7. The van der Waals surface area contributed by atoms with Crippen LogP contribution in [0.25, 0.3) is 0 Å². The average Bonchev–Trinajstić information content (AvgIpc) is 2.79. The van der Waals surface area contributed by atoms with Gasteiger partial charge in [0.2, 0.25) is 5.91 Å². The van der Waals surface area contributed by atoms with Gasteiger partial charge in [0.05, 0.1) is 5.56 Å². The highest BCUT2D eigenvalue weighted by molar-refractivity contribution is 5.99. The largest absolute Gasteiger partial charge is 0.466 e. The van der Waals surface area contributed by atoms with Crippen LogP contribution < -0.4 is 10.6 Å². The molecule has 128 valence electrons. The maximum absolute atomic E-state index is 13.5. The second-order valence-corrected chi connectivity index (χ2v) is 5.41. The highest BCUT2D eigenvalue weighted by atomic mass is 19.2. The molecule has 0 spiro atoms. The van der Waals surface area contributed by atoms with Crippen molar-refractivity contribution >= 4 is 11.8 Å². The van der Waals surface area contributed by atoms with Crippen molar-refractivity contribution in [2.24, 2.45) is 0 Å². The number of furan rings is 1. The molecule has 2 amide bonds. The van der Waals surface area contributed by atoms with Crippen molar-refractivity contribution in [3.8, 4) is 0 Å². The molecule has 0 radical (unpaired) electrons. The van der Waals surface area contributed by atoms with Gasteiger partial charge < -0.3 is 15.1 Å². The molecule has 5 nitrogen and oxygen atoms in total. The van der Waals surface area contributed by atoms with Crippen molar-refractivity contribution in [3.63, 3.8) is 0 Å². The number of carbonyl (C=O) groups excluding carboxylic acids is 2. The Morgan fingerprint density at radius 1 is 1.08 bits per heavy atom. The number of aryl methyl sites for hydroxylation is 2. The van der Waals surface area contributed by atoms with Gasteiger partial charge >= 0.3 is 0 Å². The third-order valence-corrected chi connectivity index (χ3v) is 3.85. The van der Waals surface area contributed by atoms with Crippen LogP contribution in [0.5, 0.6) is 0 Å². The van der Waals surface area contributed by atoms with Gasteiger partial charge in [0.15, 0.2) is 11.6 Å². The Labute approximate surface area is 138 Å². The van der Waals surface area contributed by atoms with E-state index >= 15 is 0 Å². The first-order valence-electron chi connectivity index (χ1n) is 7.30. The molecular weight excluding hydrogens is 318 g/mol. The lowest BCUT2D eigenvalue weighted by atomic mass is 10.0. The summed E-state index contributed by atoms with van der Waals surface area (Å²) in [5.74, 6) is -2.18. The summed E-state index contributed by atoms with van der Waals surface area (Å²) in [5, 5.41) is 4.94. The maximum Gasteiger partial charge on any atom is 0.256 e. The van der Waals surface area contributed by atoms with Crippen LogP contribution in [-0.2, 0) is 4.79 Å². The lowest BCUT2D eigenvalue weighted by Gasteiger charge is -2.18. The smallest absolute Gasteiger partial charge is 0.256 e. The number of rotatable bonds is 4. The number of benzene rings is 1. The van der Waals surface area contributed by atoms with E-state index in [4.69, 9.17) is 4.42 Å². The van der Waals surface area contributed by atoms with Crippen LogP contribution in [0.15, 0.2) is 22.6 Å². The van der Waals surface area contributed by atoms with Gasteiger partial charge in [-0.3, -0.25) is 9.59 Å². The van der Waals surface area contributed by atoms with Crippen molar-refractivity contribution < 1.29 is 22.8 Å². The number of hydrogen-bond acceptors (Lipinski definition) is 3. The molecule has 1 heterocycles. The highest BCUT2D eigenvalue weighted by Gasteiger charge is 2.26. The van der Waals surface area contributed by atoms with Gasteiger partial charge in [-0.2, -0.15) is 0 Å². The Balaban J connectivity index is 2.37. The van der Waals surface area contributed by atoms with E-state index in [9.17, 15) is 18.4 Å². The molecule has 0 saturated carbocycles. The predicted molar refractivity (Wildman–Crippen MR) is 83.6 cm³/mol.